The van der Waals surface area contributed by atoms with Crippen LogP contribution >= 0.6 is 0 Å². The monoisotopic (exact) mass is 384 g/mol. The molecule has 0 unspecified atom stereocenters. The molecule has 0 bridgehead atoms. The highest BCUT2D eigenvalue weighted by molar-refractivity contribution is 5.97. The fourth-order valence-electron chi connectivity index (χ4n) is 4.41. The fourth-order valence-corrected chi connectivity index (χ4v) is 4.41. The molecule has 2 aromatic heterocycles. The van der Waals surface area contributed by atoms with Crippen molar-refractivity contribution < 1.29 is 4.79 Å². The molecule has 2 aromatic carbocycles. The molecule has 1 N–H and O–H groups in total. The molecule has 3 heterocycles. The van der Waals surface area contributed by atoms with Crippen molar-refractivity contribution in [2.24, 2.45) is 0 Å². The molecule has 1 aliphatic rings. The van der Waals surface area contributed by atoms with Crippen LogP contribution in [0.1, 0.15) is 38.6 Å². The number of nitrogens with zero attached hydrogens (tertiary/aromatic N) is 3. The fraction of sp³-hybridized carbons (Fsp3) is 0.250. The quantitative estimate of drug-likeness (QED) is 0.575. The Morgan fingerprint density at radius 3 is 2.66 bits per heavy atom. The van der Waals surface area contributed by atoms with Crippen molar-refractivity contribution in [2.45, 2.75) is 33.4 Å². The van der Waals surface area contributed by atoms with E-state index in [4.69, 9.17) is 0 Å². The second-order valence-corrected chi connectivity index (χ2v) is 7.79. The van der Waals surface area contributed by atoms with E-state index in [9.17, 15) is 4.79 Å². The Morgan fingerprint density at radius 1 is 1.07 bits per heavy atom. The minimum atomic E-state index is 0.0789. The first-order valence-electron chi connectivity index (χ1n) is 10.1. The average Bonchev–Trinajstić information content (AvgIpc) is 3.24. The molecule has 0 spiro atoms. The largest absolute Gasteiger partial charge is 0.358 e. The molecule has 5 heteroatoms. The summed E-state index contributed by atoms with van der Waals surface area (Å²) in [5.41, 5.74) is 7.29. The normalized spacial score (nSPS) is 13.7. The summed E-state index contributed by atoms with van der Waals surface area (Å²) in [5, 5.41) is 5.88. The SMILES string of the molecule is Cc1nn(Cc2ccccc2)c(C)c1C(=O)N1CCc2[nH]c3ccccc3c2C1. The number of carbonyl (C=O) groups excluding carboxylic acids is 1. The maximum absolute atomic E-state index is 13.4. The lowest BCUT2D eigenvalue weighted by Gasteiger charge is -2.27. The van der Waals surface area contributed by atoms with Crippen LogP contribution < -0.4 is 0 Å². The molecule has 0 saturated heterocycles. The van der Waals surface area contributed by atoms with Gasteiger partial charge in [0.1, 0.15) is 0 Å². The molecule has 5 rings (SSSR count). The molecule has 0 radical (unpaired) electrons. The zero-order valence-corrected chi connectivity index (χ0v) is 16.8. The van der Waals surface area contributed by atoms with E-state index in [0.29, 0.717) is 13.1 Å². The highest BCUT2D eigenvalue weighted by atomic mass is 16.2. The number of benzene rings is 2. The van der Waals surface area contributed by atoms with Crippen LogP contribution in [0, 0.1) is 13.8 Å². The summed E-state index contributed by atoms with van der Waals surface area (Å²) in [5.74, 6) is 0.0789. The lowest BCUT2D eigenvalue weighted by Crippen LogP contribution is -2.36. The number of fused-ring (bicyclic) bond motifs is 3. The molecule has 0 atom stereocenters. The number of H-pyrrole nitrogens is 1. The Bertz CT molecular complexity index is 1200. The lowest BCUT2D eigenvalue weighted by atomic mass is 10.0. The van der Waals surface area contributed by atoms with Crippen LogP contribution in [0.3, 0.4) is 0 Å². The third-order valence-corrected chi connectivity index (χ3v) is 5.94. The van der Waals surface area contributed by atoms with Gasteiger partial charge in [0.15, 0.2) is 0 Å². The Balaban J connectivity index is 1.44. The average molecular weight is 384 g/mol. The van der Waals surface area contributed by atoms with Crippen LogP contribution in [0.2, 0.25) is 0 Å². The molecule has 0 saturated carbocycles. The molecule has 0 aliphatic carbocycles. The Hall–Kier alpha value is -3.34. The first-order chi connectivity index (χ1) is 14.1. The van der Waals surface area contributed by atoms with Gasteiger partial charge in [0.05, 0.1) is 17.8 Å². The van der Waals surface area contributed by atoms with E-state index >= 15 is 0 Å². The Labute approximate surface area is 170 Å². The van der Waals surface area contributed by atoms with Gasteiger partial charge < -0.3 is 9.88 Å². The summed E-state index contributed by atoms with van der Waals surface area (Å²) in [6.07, 6.45) is 0.853. The Kier molecular flexibility index (Phi) is 4.23. The van der Waals surface area contributed by atoms with Crippen LogP contribution in [-0.2, 0) is 19.5 Å². The number of aromatic amines is 1. The number of carbonyl (C=O) groups is 1. The number of nitrogens with one attached hydrogen (secondary N) is 1. The first kappa shape index (κ1) is 17.7. The van der Waals surface area contributed by atoms with Gasteiger partial charge in [-0.25, -0.2) is 0 Å². The number of aromatic nitrogens is 3. The van der Waals surface area contributed by atoms with Gasteiger partial charge in [0, 0.05) is 47.4 Å². The summed E-state index contributed by atoms with van der Waals surface area (Å²) >= 11 is 0. The summed E-state index contributed by atoms with van der Waals surface area (Å²) in [6, 6.07) is 18.6. The molecular formula is C24H24N4O. The molecule has 1 aliphatic heterocycles. The predicted molar refractivity (Wildman–Crippen MR) is 114 cm³/mol. The number of para-hydroxylation sites is 1. The van der Waals surface area contributed by atoms with Crippen LogP contribution in [-0.4, -0.2) is 32.1 Å². The van der Waals surface area contributed by atoms with Gasteiger partial charge in [-0.2, -0.15) is 5.10 Å². The van der Waals surface area contributed by atoms with Crippen molar-refractivity contribution in [1.82, 2.24) is 19.7 Å². The van der Waals surface area contributed by atoms with Gasteiger partial charge in [-0.15, -0.1) is 0 Å². The molecule has 1 amide bonds. The second-order valence-electron chi connectivity index (χ2n) is 7.79. The van der Waals surface area contributed by atoms with Crippen molar-refractivity contribution in [3.8, 4) is 0 Å². The maximum Gasteiger partial charge on any atom is 0.257 e. The molecule has 0 fully saturated rings. The van der Waals surface area contributed by atoms with Crippen molar-refractivity contribution in [2.75, 3.05) is 6.54 Å². The summed E-state index contributed by atoms with van der Waals surface area (Å²) in [7, 11) is 0. The van der Waals surface area contributed by atoms with Crippen LogP contribution in [0.25, 0.3) is 10.9 Å². The number of hydrogen-bond acceptors (Lipinski definition) is 2. The molecular weight excluding hydrogens is 360 g/mol. The smallest absolute Gasteiger partial charge is 0.257 e. The van der Waals surface area contributed by atoms with Gasteiger partial charge >= 0.3 is 0 Å². The summed E-state index contributed by atoms with van der Waals surface area (Å²) < 4.78 is 1.94. The number of aryl methyl sites for hydroxylation is 1. The van der Waals surface area contributed by atoms with Crippen LogP contribution in [0.4, 0.5) is 0 Å². The van der Waals surface area contributed by atoms with Gasteiger partial charge in [-0.3, -0.25) is 9.48 Å². The van der Waals surface area contributed by atoms with Crippen molar-refractivity contribution in [3.63, 3.8) is 0 Å². The molecule has 146 valence electrons. The Morgan fingerprint density at radius 2 is 1.83 bits per heavy atom. The highest BCUT2D eigenvalue weighted by Crippen LogP contribution is 2.29. The summed E-state index contributed by atoms with van der Waals surface area (Å²) in [6.45, 7) is 5.97. The topological polar surface area (TPSA) is 53.9 Å². The molecule has 29 heavy (non-hydrogen) atoms. The second kappa shape index (κ2) is 6.92. The van der Waals surface area contributed by atoms with E-state index in [1.165, 1.54) is 22.2 Å². The van der Waals surface area contributed by atoms with Crippen LogP contribution in [0.15, 0.2) is 54.6 Å². The van der Waals surface area contributed by atoms with Gasteiger partial charge in [0.2, 0.25) is 0 Å². The van der Waals surface area contributed by atoms with Crippen molar-refractivity contribution in [3.05, 3.63) is 88.4 Å². The van der Waals surface area contributed by atoms with E-state index in [1.807, 2.05) is 47.7 Å². The number of hydrogen-bond donors (Lipinski definition) is 1. The summed E-state index contributed by atoms with van der Waals surface area (Å²) in [4.78, 5) is 18.9. The van der Waals surface area contributed by atoms with Crippen molar-refractivity contribution in [1.29, 1.82) is 0 Å². The third-order valence-electron chi connectivity index (χ3n) is 5.94. The zero-order chi connectivity index (χ0) is 20.0. The zero-order valence-electron chi connectivity index (χ0n) is 16.8. The van der Waals surface area contributed by atoms with E-state index < -0.39 is 0 Å². The minimum absolute atomic E-state index is 0.0789. The first-order valence-corrected chi connectivity index (χ1v) is 10.1. The van der Waals surface area contributed by atoms with Crippen molar-refractivity contribution >= 4 is 16.8 Å². The molecule has 5 nitrogen and oxygen atoms in total. The number of amides is 1. The minimum Gasteiger partial charge on any atom is -0.358 e. The van der Waals surface area contributed by atoms with Crippen LogP contribution in [0.5, 0.6) is 0 Å². The van der Waals surface area contributed by atoms with Gasteiger partial charge in [-0.1, -0.05) is 48.5 Å². The standard InChI is InChI=1S/C24H24N4O/c1-16-23(17(2)28(26-16)14-18-8-4-3-5-9-18)24(29)27-13-12-22-20(15-27)19-10-6-7-11-21(19)25-22/h3-11,25H,12-15H2,1-2H3. The number of rotatable bonds is 3. The predicted octanol–water partition coefficient (Wildman–Crippen LogP) is 4.23. The lowest BCUT2D eigenvalue weighted by molar-refractivity contribution is 0.0733. The van der Waals surface area contributed by atoms with Gasteiger partial charge in [-0.05, 0) is 25.5 Å². The van der Waals surface area contributed by atoms with E-state index in [-0.39, 0.29) is 5.91 Å². The highest BCUT2D eigenvalue weighted by Gasteiger charge is 2.28. The third kappa shape index (κ3) is 3.03. The van der Waals surface area contributed by atoms with E-state index in [2.05, 4.69) is 40.4 Å². The molecule has 4 aromatic rings. The van der Waals surface area contributed by atoms with E-state index in [1.54, 1.807) is 0 Å². The maximum atomic E-state index is 13.4. The van der Waals surface area contributed by atoms with E-state index in [0.717, 1.165) is 35.4 Å². The van der Waals surface area contributed by atoms with Gasteiger partial charge in [0.25, 0.3) is 5.91 Å².